The smallest absolute Gasteiger partial charge is 0.0822 e. The van der Waals surface area contributed by atoms with Gasteiger partial charge in [0.2, 0.25) is 0 Å². The summed E-state index contributed by atoms with van der Waals surface area (Å²) >= 11 is 0. The van der Waals surface area contributed by atoms with Crippen LogP contribution in [0.15, 0.2) is 0 Å². The predicted octanol–water partition coefficient (Wildman–Crippen LogP) is 3.70. The number of rotatable bonds is 12. The van der Waals surface area contributed by atoms with Crippen molar-refractivity contribution in [3.63, 3.8) is 0 Å². The van der Waals surface area contributed by atoms with Crippen LogP contribution in [0.5, 0.6) is 0 Å². The number of unbranched alkanes of at least 4 members (excludes halogenated alkanes) is 10. The Morgan fingerprint density at radius 2 is 0.867 bits per heavy atom. The standard InChI is InChI=1S/C13H27O2/c14-12-10-8-6-4-2-1-3-5-7-9-11-13-15/h14H,1-13H2. The molecule has 0 saturated carbocycles. The van der Waals surface area contributed by atoms with E-state index >= 15 is 0 Å². The molecule has 0 heterocycles. The molecule has 1 N–H and O–H groups in total. The van der Waals surface area contributed by atoms with E-state index in [1.54, 1.807) is 0 Å². The van der Waals surface area contributed by atoms with Crippen molar-refractivity contribution in [1.82, 2.24) is 0 Å². The van der Waals surface area contributed by atoms with E-state index in [9.17, 15) is 5.11 Å². The first kappa shape index (κ1) is 14.9. The average molecular weight is 215 g/mol. The third kappa shape index (κ3) is 13.9. The molecule has 0 atom stereocenters. The molecule has 0 amide bonds. The van der Waals surface area contributed by atoms with Gasteiger partial charge in [0, 0.05) is 6.61 Å². The minimum Gasteiger partial charge on any atom is -0.396 e. The summed E-state index contributed by atoms with van der Waals surface area (Å²) in [4.78, 5) is 0. The van der Waals surface area contributed by atoms with Crippen molar-refractivity contribution in [2.75, 3.05) is 13.2 Å². The van der Waals surface area contributed by atoms with E-state index in [4.69, 9.17) is 5.11 Å². The lowest BCUT2D eigenvalue weighted by atomic mass is 10.1. The number of aliphatic hydroxyl groups is 1. The maximum absolute atomic E-state index is 10.2. The summed E-state index contributed by atoms with van der Waals surface area (Å²) in [6.45, 7) is 0.449. The lowest BCUT2D eigenvalue weighted by Crippen LogP contribution is -1.85. The van der Waals surface area contributed by atoms with Crippen LogP contribution in [0.3, 0.4) is 0 Å². The van der Waals surface area contributed by atoms with Crippen molar-refractivity contribution in [2.24, 2.45) is 0 Å². The lowest BCUT2D eigenvalue weighted by Gasteiger charge is -2.01. The summed E-state index contributed by atoms with van der Waals surface area (Å²) in [6, 6.07) is 0. The summed E-state index contributed by atoms with van der Waals surface area (Å²) in [5, 5.41) is 18.8. The van der Waals surface area contributed by atoms with Gasteiger partial charge in [-0.2, -0.15) is 0 Å². The fourth-order valence-corrected chi connectivity index (χ4v) is 1.80. The Hall–Kier alpha value is -0.0800. The monoisotopic (exact) mass is 215 g/mol. The second kappa shape index (κ2) is 13.9. The third-order valence-corrected chi connectivity index (χ3v) is 2.80. The molecule has 2 nitrogen and oxygen atoms in total. The SMILES string of the molecule is [O]CCCCCCCCCCCCCO. The maximum Gasteiger partial charge on any atom is 0.0822 e. The minimum atomic E-state index is 0.102. The van der Waals surface area contributed by atoms with E-state index in [0.717, 1.165) is 19.3 Å². The lowest BCUT2D eigenvalue weighted by molar-refractivity contribution is 0.186. The largest absolute Gasteiger partial charge is 0.396 e. The first-order valence-corrected chi connectivity index (χ1v) is 6.60. The molecule has 1 radical (unpaired) electrons. The highest BCUT2D eigenvalue weighted by molar-refractivity contribution is 4.47. The molecule has 0 aliphatic heterocycles. The maximum atomic E-state index is 10.2. The van der Waals surface area contributed by atoms with Gasteiger partial charge in [0.25, 0.3) is 0 Å². The van der Waals surface area contributed by atoms with Crippen molar-refractivity contribution >= 4 is 0 Å². The third-order valence-electron chi connectivity index (χ3n) is 2.80. The van der Waals surface area contributed by atoms with Crippen molar-refractivity contribution < 1.29 is 10.2 Å². The highest BCUT2D eigenvalue weighted by Crippen LogP contribution is 2.10. The summed E-state index contributed by atoms with van der Waals surface area (Å²) in [5.41, 5.74) is 0. The molecular formula is C13H27O2. The molecule has 0 aromatic heterocycles. The van der Waals surface area contributed by atoms with Gasteiger partial charge in [-0.15, -0.1) is 0 Å². The van der Waals surface area contributed by atoms with Crippen LogP contribution in [0.4, 0.5) is 0 Å². The van der Waals surface area contributed by atoms with Crippen molar-refractivity contribution in [2.45, 2.75) is 70.6 Å². The Morgan fingerprint density at radius 1 is 0.533 bits per heavy atom. The zero-order valence-corrected chi connectivity index (χ0v) is 10.0. The topological polar surface area (TPSA) is 40.1 Å². The van der Waals surface area contributed by atoms with Gasteiger partial charge in [-0.3, -0.25) is 0 Å². The molecular weight excluding hydrogens is 188 g/mol. The second-order valence-corrected chi connectivity index (χ2v) is 4.32. The highest BCUT2D eigenvalue weighted by Gasteiger charge is 1.92. The van der Waals surface area contributed by atoms with Gasteiger partial charge in [0.1, 0.15) is 0 Å². The Bertz CT molecular complexity index is 92.7. The van der Waals surface area contributed by atoms with Gasteiger partial charge in [-0.1, -0.05) is 57.8 Å². The van der Waals surface area contributed by atoms with Crippen molar-refractivity contribution in [3.8, 4) is 0 Å². The van der Waals surface area contributed by atoms with E-state index in [-0.39, 0.29) is 6.61 Å². The van der Waals surface area contributed by atoms with E-state index in [2.05, 4.69) is 0 Å². The molecule has 0 spiro atoms. The zero-order chi connectivity index (χ0) is 11.2. The summed E-state index contributed by atoms with van der Waals surface area (Å²) in [6.07, 6.45) is 13.3. The van der Waals surface area contributed by atoms with Crippen LogP contribution < -0.4 is 0 Å². The van der Waals surface area contributed by atoms with Crippen molar-refractivity contribution in [3.05, 3.63) is 0 Å². The van der Waals surface area contributed by atoms with Gasteiger partial charge >= 0.3 is 0 Å². The van der Waals surface area contributed by atoms with E-state index in [1.807, 2.05) is 0 Å². The molecule has 0 aromatic carbocycles. The first-order valence-electron chi connectivity index (χ1n) is 6.60. The second-order valence-electron chi connectivity index (χ2n) is 4.32. The van der Waals surface area contributed by atoms with E-state index in [1.165, 1.54) is 51.4 Å². The van der Waals surface area contributed by atoms with Gasteiger partial charge in [0.15, 0.2) is 0 Å². The highest BCUT2D eigenvalue weighted by atomic mass is 16.3. The molecule has 0 saturated heterocycles. The van der Waals surface area contributed by atoms with Gasteiger partial charge < -0.3 is 5.11 Å². The molecule has 0 fully saturated rings. The Labute approximate surface area is 94.7 Å². The molecule has 15 heavy (non-hydrogen) atoms. The summed E-state index contributed by atoms with van der Waals surface area (Å²) in [7, 11) is 0. The quantitative estimate of drug-likeness (QED) is 0.495. The summed E-state index contributed by atoms with van der Waals surface area (Å²) in [5.74, 6) is 0. The van der Waals surface area contributed by atoms with Crippen LogP contribution in [-0.2, 0) is 5.11 Å². The van der Waals surface area contributed by atoms with Gasteiger partial charge in [-0.25, -0.2) is 5.11 Å². The molecule has 2 heteroatoms. The van der Waals surface area contributed by atoms with Crippen LogP contribution in [0.25, 0.3) is 0 Å². The number of aliphatic hydroxyl groups excluding tert-OH is 1. The number of hydrogen-bond donors (Lipinski definition) is 1. The van der Waals surface area contributed by atoms with E-state index in [0.29, 0.717) is 6.61 Å². The fourth-order valence-electron chi connectivity index (χ4n) is 1.80. The van der Waals surface area contributed by atoms with E-state index < -0.39 is 0 Å². The molecule has 0 aliphatic carbocycles. The zero-order valence-electron chi connectivity index (χ0n) is 10.0. The van der Waals surface area contributed by atoms with Crippen LogP contribution >= 0.6 is 0 Å². The van der Waals surface area contributed by atoms with Crippen LogP contribution in [-0.4, -0.2) is 18.3 Å². The Kier molecular flexibility index (Phi) is 13.8. The number of hydrogen-bond acceptors (Lipinski definition) is 1. The molecule has 0 aliphatic rings. The van der Waals surface area contributed by atoms with Gasteiger partial charge in [0.05, 0.1) is 6.61 Å². The predicted molar refractivity (Wildman–Crippen MR) is 63.4 cm³/mol. The van der Waals surface area contributed by atoms with Crippen LogP contribution in [0, 0.1) is 0 Å². The average Bonchev–Trinajstić information content (AvgIpc) is 2.26. The molecule has 0 bridgehead atoms. The first-order chi connectivity index (χ1) is 7.41. The molecule has 91 valence electrons. The minimum absolute atomic E-state index is 0.102. The van der Waals surface area contributed by atoms with Crippen molar-refractivity contribution in [1.29, 1.82) is 0 Å². The molecule has 0 unspecified atom stereocenters. The Morgan fingerprint density at radius 3 is 1.20 bits per heavy atom. The molecule has 0 rings (SSSR count). The fraction of sp³-hybridized carbons (Fsp3) is 1.00. The molecule has 0 aromatic rings. The normalized spacial score (nSPS) is 10.8. The summed E-state index contributed by atoms with van der Waals surface area (Å²) < 4.78 is 0. The van der Waals surface area contributed by atoms with Gasteiger partial charge in [-0.05, 0) is 12.8 Å². The van der Waals surface area contributed by atoms with Crippen LogP contribution in [0.2, 0.25) is 0 Å². The van der Waals surface area contributed by atoms with Crippen LogP contribution in [0.1, 0.15) is 70.6 Å². The Balaban J connectivity index is 2.81.